The van der Waals surface area contributed by atoms with E-state index in [9.17, 15) is 9.90 Å². The van der Waals surface area contributed by atoms with E-state index in [0.717, 1.165) is 24.0 Å². The van der Waals surface area contributed by atoms with Crippen LogP contribution in [0.5, 0.6) is 0 Å². The number of aliphatic hydroxyl groups is 2. The number of rotatable bonds is 10. The number of benzene rings is 2. The lowest BCUT2D eigenvalue weighted by molar-refractivity contribution is 0.103. The molecule has 1 fully saturated rings. The summed E-state index contributed by atoms with van der Waals surface area (Å²) in [5.41, 5.74) is 3.23. The lowest BCUT2D eigenvalue weighted by atomic mass is 9.98. The Bertz CT molecular complexity index is 1000. The molecule has 5 heteroatoms. The first-order valence-corrected chi connectivity index (χ1v) is 10.5. The Balaban J connectivity index is 1.82. The molecule has 1 atom stereocenters. The Morgan fingerprint density at radius 2 is 1.84 bits per heavy atom. The molecule has 2 N–H and O–H groups in total. The van der Waals surface area contributed by atoms with Gasteiger partial charge in [-0.1, -0.05) is 49.0 Å². The van der Waals surface area contributed by atoms with Crippen LogP contribution in [0.1, 0.15) is 35.7 Å². The molecular formula is C26H28N2O3. The number of carbonyl (C=O) groups is 1. The van der Waals surface area contributed by atoms with E-state index in [2.05, 4.69) is 16.8 Å². The molecule has 0 amide bonds. The molecule has 160 valence electrons. The van der Waals surface area contributed by atoms with E-state index >= 15 is 0 Å². The van der Waals surface area contributed by atoms with Crippen molar-refractivity contribution in [1.29, 1.82) is 0 Å². The number of aliphatic hydroxyl groups excluding tert-OH is 2. The molecule has 0 saturated heterocycles. The number of Topliss-reactive ketones (excluding diaryl/α,β-unsaturated/α-hetero) is 1. The molecule has 0 radical (unpaired) electrons. The largest absolute Gasteiger partial charge is 0.507 e. The molecule has 5 nitrogen and oxygen atoms in total. The Morgan fingerprint density at radius 1 is 1.16 bits per heavy atom. The van der Waals surface area contributed by atoms with Gasteiger partial charge in [0.05, 0.1) is 17.3 Å². The number of hydrogen-bond donors (Lipinski definition) is 2. The summed E-state index contributed by atoms with van der Waals surface area (Å²) >= 11 is 0. The van der Waals surface area contributed by atoms with Gasteiger partial charge >= 0.3 is 0 Å². The maximum absolute atomic E-state index is 13.1. The van der Waals surface area contributed by atoms with E-state index in [-0.39, 0.29) is 23.7 Å². The third-order valence-corrected chi connectivity index (χ3v) is 5.08. The number of carbonyl (C=O) groups excluding carboxylic acids is 1. The minimum atomic E-state index is -0.426. The maximum Gasteiger partial charge on any atom is 0.196 e. The molecule has 0 aromatic heterocycles. The quantitative estimate of drug-likeness (QED) is 0.166. The molecule has 0 heterocycles. The number of ketones is 1. The van der Waals surface area contributed by atoms with Crippen molar-refractivity contribution in [3.05, 3.63) is 101 Å². The standard InChI is InChI=1S/C26H28N2O3/c1-18(21-10-11-21)16-25(30)24(26(31)22-6-4-3-5-7-22)17-19(2)27-28-23-12-8-20(9-13-23)14-15-29/h3-9,12-13,16-17,19,21,29-30H,1,10-11,14-15H2,2H3/b24-17+,25-16+,28-27?/t19-/m0/s1. The summed E-state index contributed by atoms with van der Waals surface area (Å²) in [6.45, 7) is 5.93. The molecule has 1 aliphatic carbocycles. The van der Waals surface area contributed by atoms with Crippen LogP contribution in [-0.4, -0.2) is 28.6 Å². The Hall–Kier alpha value is -3.31. The summed E-state index contributed by atoms with van der Waals surface area (Å²) in [5, 5.41) is 28.2. The van der Waals surface area contributed by atoms with Gasteiger partial charge in [0.15, 0.2) is 5.78 Å². The topological polar surface area (TPSA) is 82.2 Å². The van der Waals surface area contributed by atoms with Crippen LogP contribution in [0.15, 0.2) is 100 Å². The molecule has 1 aliphatic rings. The lowest BCUT2D eigenvalue weighted by Gasteiger charge is -2.09. The predicted octanol–water partition coefficient (Wildman–Crippen LogP) is 5.91. The predicted molar refractivity (Wildman–Crippen MR) is 123 cm³/mol. The van der Waals surface area contributed by atoms with E-state index in [0.29, 0.717) is 23.6 Å². The normalized spacial score (nSPS) is 15.8. The first-order valence-electron chi connectivity index (χ1n) is 10.5. The number of allylic oxidation sites excluding steroid dienone is 3. The fourth-order valence-electron chi connectivity index (χ4n) is 3.14. The smallest absolute Gasteiger partial charge is 0.196 e. The van der Waals surface area contributed by atoms with Gasteiger partial charge < -0.3 is 10.2 Å². The fraction of sp³-hybridized carbons (Fsp3) is 0.269. The van der Waals surface area contributed by atoms with E-state index in [1.165, 1.54) is 0 Å². The van der Waals surface area contributed by atoms with E-state index in [1.807, 2.05) is 37.3 Å². The van der Waals surface area contributed by atoms with Crippen LogP contribution in [0.3, 0.4) is 0 Å². The van der Waals surface area contributed by atoms with Crippen LogP contribution in [0, 0.1) is 5.92 Å². The maximum atomic E-state index is 13.1. The number of azo groups is 1. The summed E-state index contributed by atoms with van der Waals surface area (Å²) in [5.74, 6) is 0.0238. The van der Waals surface area contributed by atoms with E-state index in [1.54, 1.807) is 36.4 Å². The van der Waals surface area contributed by atoms with Gasteiger partial charge in [-0.3, -0.25) is 4.79 Å². The van der Waals surface area contributed by atoms with Crippen molar-refractivity contribution in [3.63, 3.8) is 0 Å². The van der Waals surface area contributed by atoms with Gasteiger partial charge in [0.25, 0.3) is 0 Å². The summed E-state index contributed by atoms with van der Waals surface area (Å²) < 4.78 is 0. The van der Waals surface area contributed by atoms with Crippen LogP contribution >= 0.6 is 0 Å². The Kier molecular flexibility index (Phi) is 7.68. The van der Waals surface area contributed by atoms with Gasteiger partial charge in [-0.25, -0.2) is 0 Å². The Morgan fingerprint density at radius 3 is 2.45 bits per heavy atom. The highest BCUT2D eigenvalue weighted by Crippen LogP contribution is 2.37. The van der Waals surface area contributed by atoms with E-state index in [4.69, 9.17) is 5.11 Å². The third kappa shape index (κ3) is 6.59. The van der Waals surface area contributed by atoms with Crippen LogP contribution in [-0.2, 0) is 6.42 Å². The molecule has 31 heavy (non-hydrogen) atoms. The van der Waals surface area contributed by atoms with Crippen molar-refractivity contribution >= 4 is 11.5 Å². The van der Waals surface area contributed by atoms with Crippen molar-refractivity contribution in [2.75, 3.05) is 6.61 Å². The lowest BCUT2D eigenvalue weighted by Crippen LogP contribution is -2.09. The molecule has 0 bridgehead atoms. The van der Waals surface area contributed by atoms with Crippen molar-refractivity contribution in [3.8, 4) is 0 Å². The second-order valence-corrected chi connectivity index (χ2v) is 7.75. The molecule has 2 aromatic carbocycles. The average molecular weight is 417 g/mol. The second kappa shape index (κ2) is 10.6. The van der Waals surface area contributed by atoms with Gasteiger partial charge in [-0.05, 0) is 67.5 Å². The van der Waals surface area contributed by atoms with Gasteiger partial charge in [0, 0.05) is 12.2 Å². The zero-order chi connectivity index (χ0) is 22.2. The van der Waals surface area contributed by atoms with Gasteiger partial charge in [-0.2, -0.15) is 10.2 Å². The van der Waals surface area contributed by atoms with Gasteiger partial charge in [0.1, 0.15) is 5.76 Å². The Labute approximate surface area is 183 Å². The van der Waals surface area contributed by atoms with Crippen LogP contribution in [0.2, 0.25) is 0 Å². The minimum Gasteiger partial charge on any atom is -0.507 e. The summed E-state index contributed by atoms with van der Waals surface area (Å²) in [6.07, 6.45) is 5.95. The SMILES string of the molecule is C=C(/C=C(O)\C(=C/[C@H](C)N=Nc1ccc(CCO)cc1)C(=O)c1ccccc1)C1CC1. The first-order chi connectivity index (χ1) is 15.0. The highest BCUT2D eigenvalue weighted by Gasteiger charge is 2.25. The zero-order valence-electron chi connectivity index (χ0n) is 17.7. The molecule has 0 unspecified atom stereocenters. The summed E-state index contributed by atoms with van der Waals surface area (Å²) in [4.78, 5) is 13.1. The molecule has 1 saturated carbocycles. The minimum absolute atomic E-state index is 0.0961. The monoisotopic (exact) mass is 416 g/mol. The second-order valence-electron chi connectivity index (χ2n) is 7.75. The third-order valence-electron chi connectivity index (χ3n) is 5.08. The average Bonchev–Trinajstić information content (AvgIpc) is 3.63. The molecule has 2 aromatic rings. The highest BCUT2D eigenvalue weighted by atomic mass is 16.3. The van der Waals surface area contributed by atoms with E-state index < -0.39 is 6.04 Å². The highest BCUT2D eigenvalue weighted by molar-refractivity contribution is 6.11. The van der Waals surface area contributed by atoms with Crippen LogP contribution in [0.4, 0.5) is 5.69 Å². The fourth-order valence-corrected chi connectivity index (χ4v) is 3.14. The van der Waals surface area contributed by atoms with Crippen molar-refractivity contribution in [2.45, 2.75) is 32.2 Å². The zero-order valence-corrected chi connectivity index (χ0v) is 17.7. The van der Waals surface area contributed by atoms with Crippen LogP contribution < -0.4 is 0 Å². The molecule has 3 rings (SSSR count). The number of hydrogen-bond acceptors (Lipinski definition) is 5. The van der Waals surface area contributed by atoms with Crippen molar-refractivity contribution in [1.82, 2.24) is 0 Å². The molecule has 0 aliphatic heterocycles. The van der Waals surface area contributed by atoms with Crippen molar-refractivity contribution in [2.24, 2.45) is 16.1 Å². The van der Waals surface area contributed by atoms with Gasteiger partial charge in [-0.15, -0.1) is 0 Å². The van der Waals surface area contributed by atoms with Gasteiger partial charge in [0.2, 0.25) is 0 Å². The summed E-state index contributed by atoms with van der Waals surface area (Å²) in [6, 6.07) is 15.9. The number of nitrogens with zero attached hydrogens (tertiary/aromatic N) is 2. The van der Waals surface area contributed by atoms with Crippen LogP contribution in [0.25, 0.3) is 0 Å². The van der Waals surface area contributed by atoms with Crippen molar-refractivity contribution < 1.29 is 15.0 Å². The molecular weight excluding hydrogens is 388 g/mol. The summed E-state index contributed by atoms with van der Waals surface area (Å²) in [7, 11) is 0. The first kappa shape index (κ1) is 22.4. The molecule has 0 spiro atoms.